The predicted octanol–water partition coefficient (Wildman–Crippen LogP) is 2.39. The highest BCUT2D eigenvalue weighted by Crippen LogP contribution is 2.59. The number of allylic oxidation sites excluding steroid dienone is 1. The third-order valence-electron chi connectivity index (χ3n) is 6.93. The van der Waals surface area contributed by atoms with Gasteiger partial charge in [0.05, 0.1) is 0 Å². The predicted molar refractivity (Wildman–Crippen MR) is 93.4 cm³/mol. The lowest BCUT2D eigenvalue weighted by molar-refractivity contribution is -0.130. The Morgan fingerprint density at radius 1 is 1.32 bits per heavy atom. The lowest BCUT2D eigenvalue weighted by atomic mass is 9.64. The van der Waals surface area contributed by atoms with Gasteiger partial charge in [0.15, 0.2) is 5.78 Å². The molecule has 0 bridgehead atoms. The van der Waals surface area contributed by atoms with E-state index in [0.29, 0.717) is 0 Å². The topological polar surface area (TPSA) is 69.6 Å². The highest BCUT2D eigenvalue weighted by atomic mass is 16.3. The van der Waals surface area contributed by atoms with E-state index in [9.17, 15) is 14.7 Å². The van der Waals surface area contributed by atoms with Crippen LogP contribution in [0, 0.1) is 11.8 Å². The maximum atomic E-state index is 13.1. The summed E-state index contributed by atoms with van der Waals surface area (Å²) in [5.74, 6) is -0.0545. The van der Waals surface area contributed by atoms with Crippen molar-refractivity contribution in [1.29, 1.82) is 0 Å². The molecule has 1 aromatic carbocycles. The molecule has 1 aromatic rings. The number of hydrogen-bond acceptors (Lipinski definition) is 4. The van der Waals surface area contributed by atoms with E-state index in [1.165, 1.54) is 23.7 Å². The lowest BCUT2D eigenvalue weighted by Gasteiger charge is -2.39. The second kappa shape index (κ2) is 4.45. The maximum Gasteiger partial charge on any atom is 0.262 e. The first kappa shape index (κ1) is 15.0. The number of carbonyl (C=O) groups is 2. The first-order valence-corrected chi connectivity index (χ1v) is 8.97. The standard InChI is InChI=1S/C20H22N2O3/c1-9(23)14-18(24)17-16-11-8-21-13-6-4-5-10(15(11)13)7-12(16)20(2,3)22(17)19(14)25/h4-6,11-12,16-17,21,23H,7-8H2,1-3H3/b14-9+/t11?,12-,16+,17+/m1/s1. The fourth-order valence-electron chi connectivity index (χ4n) is 5.94. The Labute approximate surface area is 146 Å². The number of fused-ring (bicyclic) bond motifs is 4. The van der Waals surface area contributed by atoms with Crippen LogP contribution in [0.1, 0.15) is 37.8 Å². The van der Waals surface area contributed by atoms with Crippen LogP contribution >= 0.6 is 0 Å². The van der Waals surface area contributed by atoms with Crippen LogP contribution in [0.15, 0.2) is 29.5 Å². The Morgan fingerprint density at radius 2 is 2.08 bits per heavy atom. The third kappa shape index (κ3) is 1.59. The highest BCUT2D eigenvalue weighted by Gasteiger charge is 2.66. The number of anilines is 1. The molecule has 1 aliphatic carbocycles. The van der Waals surface area contributed by atoms with Crippen molar-refractivity contribution < 1.29 is 14.7 Å². The third-order valence-corrected chi connectivity index (χ3v) is 6.93. The van der Waals surface area contributed by atoms with Crippen LogP contribution in [0.5, 0.6) is 0 Å². The van der Waals surface area contributed by atoms with Gasteiger partial charge in [0, 0.05) is 29.6 Å². The van der Waals surface area contributed by atoms with Crippen LogP contribution in [0.3, 0.4) is 0 Å². The number of nitrogens with zero attached hydrogens (tertiary/aromatic N) is 1. The minimum absolute atomic E-state index is 0.0124. The van der Waals surface area contributed by atoms with Gasteiger partial charge >= 0.3 is 0 Å². The molecular weight excluding hydrogens is 316 g/mol. The van der Waals surface area contributed by atoms with Crippen molar-refractivity contribution >= 4 is 17.4 Å². The maximum absolute atomic E-state index is 13.1. The molecule has 5 heteroatoms. The summed E-state index contributed by atoms with van der Waals surface area (Å²) in [6, 6.07) is 5.92. The van der Waals surface area contributed by atoms with E-state index in [0.717, 1.165) is 13.0 Å². The largest absolute Gasteiger partial charge is 0.512 e. The van der Waals surface area contributed by atoms with Gasteiger partial charge in [0.2, 0.25) is 0 Å². The molecule has 3 heterocycles. The van der Waals surface area contributed by atoms with Crippen molar-refractivity contribution in [2.24, 2.45) is 11.8 Å². The summed E-state index contributed by atoms with van der Waals surface area (Å²) in [7, 11) is 0. The molecule has 4 aliphatic rings. The zero-order valence-corrected chi connectivity index (χ0v) is 14.7. The van der Waals surface area contributed by atoms with E-state index in [1.54, 1.807) is 4.90 Å². The van der Waals surface area contributed by atoms with Crippen molar-refractivity contribution in [2.45, 2.75) is 44.7 Å². The number of carbonyl (C=O) groups excluding carboxylic acids is 2. The molecule has 4 atom stereocenters. The Bertz CT molecular complexity index is 866. The molecule has 0 saturated carbocycles. The van der Waals surface area contributed by atoms with Crippen LogP contribution in [0.4, 0.5) is 5.69 Å². The van der Waals surface area contributed by atoms with Gasteiger partial charge in [-0.05, 0) is 50.3 Å². The summed E-state index contributed by atoms with van der Waals surface area (Å²) in [6.07, 6.45) is 0.893. The SMILES string of the molecule is C/C(O)=C1/C(=O)[C@@H]2[C@H]3C4CNc5cccc(c54)C[C@H]3C(C)(C)N2C1=O. The first-order chi connectivity index (χ1) is 11.8. The number of nitrogens with one attached hydrogen (secondary N) is 1. The monoisotopic (exact) mass is 338 g/mol. The van der Waals surface area contributed by atoms with Crippen LogP contribution in [-0.4, -0.2) is 39.8 Å². The van der Waals surface area contributed by atoms with Crippen molar-refractivity contribution in [3.63, 3.8) is 0 Å². The average Bonchev–Trinajstić information content (AvgIpc) is 3.14. The van der Waals surface area contributed by atoms with Crippen LogP contribution < -0.4 is 5.32 Å². The molecule has 5 nitrogen and oxygen atoms in total. The quantitative estimate of drug-likeness (QED) is 0.433. The van der Waals surface area contributed by atoms with E-state index in [2.05, 4.69) is 37.4 Å². The Balaban J connectivity index is 1.70. The van der Waals surface area contributed by atoms with Gasteiger partial charge < -0.3 is 15.3 Å². The number of Topliss-reactive ketones (excluding diaryl/α,β-unsaturated/α-hetero) is 1. The Morgan fingerprint density at radius 3 is 2.80 bits per heavy atom. The van der Waals surface area contributed by atoms with Gasteiger partial charge in [0.25, 0.3) is 5.91 Å². The van der Waals surface area contributed by atoms with Gasteiger partial charge in [-0.1, -0.05) is 12.1 Å². The second-order valence-corrected chi connectivity index (χ2v) is 8.35. The van der Waals surface area contributed by atoms with E-state index in [4.69, 9.17) is 0 Å². The second-order valence-electron chi connectivity index (χ2n) is 8.35. The summed E-state index contributed by atoms with van der Waals surface area (Å²) in [5, 5.41) is 13.4. The van der Waals surface area contributed by atoms with Gasteiger partial charge in [-0.3, -0.25) is 9.59 Å². The average molecular weight is 338 g/mol. The normalized spacial score (nSPS) is 36.0. The molecule has 2 N–H and O–H groups in total. The van der Waals surface area contributed by atoms with E-state index in [1.807, 2.05) is 0 Å². The van der Waals surface area contributed by atoms with Gasteiger partial charge in [0.1, 0.15) is 17.4 Å². The van der Waals surface area contributed by atoms with E-state index in [-0.39, 0.29) is 40.8 Å². The fraction of sp³-hybridized carbons (Fsp3) is 0.500. The zero-order valence-electron chi connectivity index (χ0n) is 14.7. The first-order valence-electron chi connectivity index (χ1n) is 8.97. The van der Waals surface area contributed by atoms with Crippen molar-refractivity contribution in [1.82, 2.24) is 4.90 Å². The molecule has 25 heavy (non-hydrogen) atoms. The van der Waals surface area contributed by atoms with E-state index < -0.39 is 11.6 Å². The number of aliphatic hydroxyl groups is 1. The molecule has 130 valence electrons. The number of benzene rings is 1. The van der Waals surface area contributed by atoms with Gasteiger partial charge in [-0.25, -0.2) is 0 Å². The van der Waals surface area contributed by atoms with E-state index >= 15 is 0 Å². The summed E-state index contributed by atoms with van der Waals surface area (Å²) in [5.41, 5.74) is 3.43. The molecule has 5 rings (SSSR count). The number of rotatable bonds is 0. The highest BCUT2D eigenvalue weighted by molar-refractivity contribution is 6.27. The molecule has 0 spiro atoms. The summed E-state index contributed by atoms with van der Waals surface area (Å²) in [6.45, 7) is 6.39. The van der Waals surface area contributed by atoms with Crippen molar-refractivity contribution in [2.75, 3.05) is 11.9 Å². The number of aliphatic hydroxyl groups excluding tert-OH is 1. The smallest absolute Gasteiger partial charge is 0.262 e. The zero-order chi connectivity index (χ0) is 17.7. The molecular formula is C20H22N2O3. The number of ketones is 1. The molecule has 1 amide bonds. The number of hydrogen-bond donors (Lipinski definition) is 2. The Kier molecular flexibility index (Phi) is 2.67. The van der Waals surface area contributed by atoms with Gasteiger partial charge in [-0.15, -0.1) is 0 Å². The van der Waals surface area contributed by atoms with Crippen molar-refractivity contribution in [3.8, 4) is 0 Å². The minimum atomic E-state index is -0.448. The minimum Gasteiger partial charge on any atom is -0.512 e. The molecule has 1 unspecified atom stereocenters. The van der Waals surface area contributed by atoms with Crippen molar-refractivity contribution in [3.05, 3.63) is 40.7 Å². The molecule has 0 aromatic heterocycles. The van der Waals surface area contributed by atoms with Gasteiger partial charge in [-0.2, -0.15) is 0 Å². The summed E-state index contributed by atoms with van der Waals surface area (Å²) < 4.78 is 0. The summed E-state index contributed by atoms with van der Waals surface area (Å²) in [4.78, 5) is 27.8. The molecule has 2 fully saturated rings. The molecule has 3 aliphatic heterocycles. The van der Waals surface area contributed by atoms with Crippen LogP contribution in [0.25, 0.3) is 0 Å². The number of amides is 1. The molecule has 0 radical (unpaired) electrons. The lowest BCUT2D eigenvalue weighted by Crippen LogP contribution is -2.46. The van der Waals surface area contributed by atoms with Crippen LogP contribution in [0.2, 0.25) is 0 Å². The fourth-order valence-corrected chi connectivity index (χ4v) is 5.94. The Hall–Kier alpha value is -2.30. The molecule has 2 saturated heterocycles. The van der Waals surface area contributed by atoms with Crippen LogP contribution in [-0.2, 0) is 16.0 Å². The summed E-state index contributed by atoms with van der Waals surface area (Å²) >= 11 is 0.